The van der Waals surface area contributed by atoms with Crippen LogP contribution in [0.15, 0.2) is 35.7 Å². The zero-order valence-electron chi connectivity index (χ0n) is 18.4. The van der Waals surface area contributed by atoms with E-state index in [0.29, 0.717) is 22.7 Å². The Hall–Kier alpha value is -2.20. The quantitative estimate of drug-likeness (QED) is 0.413. The van der Waals surface area contributed by atoms with Crippen molar-refractivity contribution in [2.45, 2.75) is 24.9 Å². The number of fused-ring (bicyclic) bond motifs is 4. The molecule has 3 aromatic rings. The van der Waals surface area contributed by atoms with E-state index < -0.39 is 41.1 Å². The van der Waals surface area contributed by atoms with E-state index >= 15 is 0 Å². The lowest BCUT2D eigenvalue weighted by molar-refractivity contribution is -0.130. The average molecular weight is 582 g/mol. The van der Waals surface area contributed by atoms with Gasteiger partial charge in [0.25, 0.3) is 0 Å². The number of rotatable bonds is 3. The molecule has 2 fully saturated rings. The first kappa shape index (κ1) is 24.2. The second-order valence-electron chi connectivity index (χ2n) is 9.03. The Morgan fingerprint density at radius 1 is 1.00 bits per heavy atom. The van der Waals surface area contributed by atoms with E-state index in [-0.39, 0.29) is 20.8 Å². The van der Waals surface area contributed by atoms with Gasteiger partial charge in [0.1, 0.15) is 5.54 Å². The number of carbonyl (C=O) groups excluding carboxylic acids is 3. The zero-order chi connectivity index (χ0) is 25.5. The molecular formula is C24H16Cl4N4O3S. The normalized spacial score (nSPS) is 26.6. The lowest BCUT2D eigenvalue weighted by Crippen LogP contribution is -2.53. The third kappa shape index (κ3) is 3.43. The first-order chi connectivity index (χ1) is 17.1. The zero-order valence-corrected chi connectivity index (χ0v) is 22.3. The van der Waals surface area contributed by atoms with E-state index in [9.17, 15) is 14.4 Å². The van der Waals surface area contributed by atoms with Gasteiger partial charge < -0.3 is 5.32 Å². The Morgan fingerprint density at radius 2 is 1.69 bits per heavy atom. The van der Waals surface area contributed by atoms with Crippen LogP contribution in [0.1, 0.15) is 16.3 Å². The maximum atomic E-state index is 14.0. The third-order valence-electron chi connectivity index (χ3n) is 6.94. The number of anilines is 2. The van der Waals surface area contributed by atoms with Crippen molar-refractivity contribution in [2.75, 3.05) is 10.2 Å². The summed E-state index contributed by atoms with van der Waals surface area (Å²) in [5, 5.41) is 10.1. The van der Waals surface area contributed by atoms with Crippen molar-refractivity contribution in [1.29, 1.82) is 0 Å². The highest BCUT2D eigenvalue weighted by molar-refractivity contribution is 7.09. The fourth-order valence-electron chi connectivity index (χ4n) is 5.65. The first-order valence-corrected chi connectivity index (χ1v) is 13.3. The van der Waals surface area contributed by atoms with Crippen molar-refractivity contribution in [3.63, 3.8) is 0 Å². The van der Waals surface area contributed by atoms with Crippen LogP contribution in [-0.2, 0) is 26.3 Å². The van der Waals surface area contributed by atoms with Crippen LogP contribution in [0.3, 0.4) is 0 Å². The highest BCUT2D eigenvalue weighted by atomic mass is 35.5. The Bertz CT molecular complexity index is 1470. The summed E-state index contributed by atoms with van der Waals surface area (Å²) in [6.07, 6.45) is 0.341. The van der Waals surface area contributed by atoms with Crippen molar-refractivity contribution in [3.05, 3.63) is 72.1 Å². The molecule has 6 rings (SSSR count). The summed E-state index contributed by atoms with van der Waals surface area (Å²) >= 11 is 26.6. The van der Waals surface area contributed by atoms with E-state index in [4.69, 9.17) is 46.4 Å². The predicted molar refractivity (Wildman–Crippen MR) is 140 cm³/mol. The van der Waals surface area contributed by atoms with Gasteiger partial charge in [0.05, 0.1) is 38.9 Å². The van der Waals surface area contributed by atoms with Gasteiger partial charge >= 0.3 is 0 Å². The molecule has 0 bridgehead atoms. The molecule has 4 atom stereocenters. The van der Waals surface area contributed by atoms with Crippen LogP contribution in [0.2, 0.25) is 20.1 Å². The largest absolute Gasteiger partial charge is 0.323 e. The maximum Gasteiger partial charge on any atom is 0.250 e. The molecule has 0 radical (unpaired) electrons. The SMILES string of the molecule is Cc1nc(CC2NC3(C(=O)Nc4c(Cl)cc(Cl)cc43)C3C(=O)N(c4cc(Cl)cc(Cl)c4)C(=O)C23)cs1. The van der Waals surface area contributed by atoms with E-state index in [1.807, 2.05) is 12.3 Å². The molecule has 3 amide bonds. The Labute approximate surface area is 229 Å². The summed E-state index contributed by atoms with van der Waals surface area (Å²) in [7, 11) is 0. The predicted octanol–water partition coefficient (Wildman–Crippen LogP) is 5.23. The Kier molecular flexibility index (Phi) is 5.64. The molecule has 4 heterocycles. The number of aromatic nitrogens is 1. The molecule has 0 saturated carbocycles. The van der Waals surface area contributed by atoms with Crippen LogP contribution in [0.4, 0.5) is 11.4 Å². The fourth-order valence-corrected chi connectivity index (χ4v) is 7.33. The van der Waals surface area contributed by atoms with Crippen LogP contribution in [0, 0.1) is 18.8 Å². The van der Waals surface area contributed by atoms with Crippen molar-refractivity contribution in [1.82, 2.24) is 10.3 Å². The maximum absolute atomic E-state index is 14.0. The summed E-state index contributed by atoms with van der Waals surface area (Å²) in [6, 6.07) is 7.07. The highest BCUT2D eigenvalue weighted by Gasteiger charge is 2.70. The molecule has 3 aliphatic heterocycles. The lowest BCUT2D eigenvalue weighted by Gasteiger charge is -2.29. The Balaban J connectivity index is 1.53. The van der Waals surface area contributed by atoms with Crippen molar-refractivity contribution in [2.24, 2.45) is 11.8 Å². The van der Waals surface area contributed by atoms with E-state index in [0.717, 1.165) is 15.6 Å². The molecule has 7 nitrogen and oxygen atoms in total. The number of hydrogen-bond donors (Lipinski definition) is 2. The van der Waals surface area contributed by atoms with Crippen LogP contribution in [0.25, 0.3) is 0 Å². The number of aryl methyl sites for hydroxylation is 1. The number of carbonyl (C=O) groups is 3. The molecule has 3 aliphatic rings. The number of benzene rings is 2. The summed E-state index contributed by atoms with van der Waals surface area (Å²) in [5.74, 6) is -3.36. The van der Waals surface area contributed by atoms with Gasteiger partial charge in [-0.05, 0) is 37.3 Å². The molecule has 4 unspecified atom stereocenters. The van der Waals surface area contributed by atoms with Gasteiger partial charge in [0.2, 0.25) is 17.7 Å². The van der Waals surface area contributed by atoms with Gasteiger partial charge in [-0.15, -0.1) is 11.3 Å². The van der Waals surface area contributed by atoms with E-state index in [1.54, 1.807) is 6.07 Å². The van der Waals surface area contributed by atoms with Crippen LogP contribution >= 0.6 is 57.7 Å². The minimum Gasteiger partial charge on any atom is -0.323 e. The average Bonchev–Trinajstić information content (AvgIpc) is 3.49. The van der Waals surface area contributed by atoms with Crippen LogP contribution in [-0.4, -0.2) is 28.7 Å². The second-order valence-corrected chi connectivity index (χ2v) is 11.8. The van der Waals surface area contributed by atoms with Crippen molar-refractivity contribution in [3.8, 4) is 0 Å². The summed E-state index contributed by atoms with van der Waals surface area (Å²) < 4.78 is 0. The van der Waals surface area contributed by atoms with Gasteiger partial charge in [-0.1, -0.05) is 46.4 Å². The first-order valence-electron chi connectivity index (χ1n) is 10.9. The molecule has 2 aromatic carbocycles. The van der Waals surface area contributed by atoms with E-state index in [1.165, 1.54) is 35.6 Å². The van der Waals surface area contributed by atoms with Crippen LogP contribution in [0.5, 0.6) is 0 Å². The number of thiazole rings is 1. The molecule has 36 heavy (non-hydrogen) atoms. The summed E-state index contributed by atoms with van der Waals surface area (Å²) in [4.78, 5) is 47.2. The fraction of sp³-hybridized carbons (Fsp3) is 0.250. The number of nitrogens with one attached hydrogen (secondary N) is 2. The van der Waals surface area contributed by atoms with Gasteiger partial charge in [0.15, 0.2) is 0 Å². The molecule has 1 aromatic heterocycles. The van der Waals surface area contributed by atoms with Crippen molar-refractivity contribution < 1.29 is 14.4 Å². The Morgan fingerprint density at radius 3 is 2.36 bits per heavy atom. The highest BCUT2D eigenvalue weighted by Crippen LogP contribution is 2.55. The molecule has 184 valence electrons. The summed E-state index contributed by atoms with van der Waals surface area (Å²) in [5.41, 5.74) is 0.265. The number of imide groups is 1. The minimum absolute atomic E-state index is 0.245. The second kappa shape index (κ2) is 8.41. The van der Waals surface area contributed by atoms with Crippen LogP contribution < -0.4 is 15.5 Å². The van der Waals surface area contributed by atoms with Crippen molar-refractivity contribution >= 4 is 86.8 Å². The van der Waals surface area contributed by atoms with Gasteiger partial charge in [0, 0.05) is 38.5 Å². The summed E-state index contributed by atoms with van der Waals surface area (Å²) in [6.45, 7) is 1.89. The minimum atomic E-state index is -1.55. The monoisotopic (exact) mass is 580 g/mol. The lowest BCUT2D eigenvalue weighted by atomic mass is 9.76. The molecular weight excluding hydrogens is 566 g/mol. The molecule has 0 aliphatic carbocycles. The van der Waals surface area contributed by atoms with Gasteiger partial charge in [-0.25, -0.2) is 9.88 Å². The number of hydrogen-bond acceptors (Lipinski definition) is 6. The molecule has 12 heteroatoms. The number of amides is 3. The smallest absolute Gasteiger partial charge is 0.250 e. The number of nitrogens with zero attached hydrogens (tertiary/aromatic N) is 2. The number of halogens is 4. The standard InChI is InChI=1S/C24H16Cl4N4O3S/c1-9-29-13(8-36-9)7-17-18-19(22(34)32(21(18)33)14-3-10(25)2-11(26)4-14)24(31-17)15-5-12(27)6-16(28)20(15)30-23(24)35/h2-6,8,17-19,31H,7H2,1H3,(H,30,35). The van der Waals surface area contributed by atoms with Gasteiger partial charge in [-0.3, -0.25) is 19.7 Å². The molecule has 2 N–H and O–H groups in total. The topological polar surface area (TPSA) is 91.4 Å². The third-order valence-corrected chi connectivity index (χ3v) is 8.72. The molecule has 1 spiro atoms. The van der Waals surface area contributed by atoms with Gasteiger partial charge in [-0.2, -0.15) is 0 Å². The van der Waals surface area contributed by atoms with E-state index in [2.05, 4.69) is 15.6 Å². The molecule has 2 saturated heterocycles.